The number of methoxy groups -OCH3 is 4. The Hall–Kier alpha value is -5.86. The first-order valence-electron chi connectivity index (χ1n) is 17.1. The molecule has 2 heterocycles. The molecule has 4 atom stereocenters. The van der Waals surface area contributed by atoms with Crippen molar-refractivity contribution in [3.8, 4) is 57.1 Å². The summed E-state index contributed by atoms with van der Waals surface area (Å²) in [5.41, 5.74) is -1.77. The maximum atomic E-state index is 13.0. The van der Waals surface area contributed by atoms with Gasteiger partial charge in [-0.2, -0.15) is 0 Å². The van der Waals surface area contributed by atoms with Crippen molar-refractivity contribution in [1.82, 2.24) is 0 Å². The molecule has 4 aromatic carbocycles. The summed E-state index contributed by atoms with van der Waals surface area (Å²) in [6.45, 7) is -0.131. The van der Waals surface area contributed by atoms with Crippen LogP contribution in [-0.2, 0) is 44.7 Å². The highest BCUT2D eigenvalue weighted by atomic mass is 16.6. The van der Waals surface area contributed by atoms with Gasteiger partial charge >= 0.3 is 11.9 Å². The van der Waals surface area contributed by atoms with Crippen molar-refractivity contribution in [1.29, 1.82) is 0 Å². The van der Waals surface area contributed by atoms with Crippen molar-refractivity contribution >= 4 is 11.9 Å². The van der Waals surface area contributed by atoms with Gasteiger partial charge < -0.3 is 59.1 Å². The summed E-state index contributed by atoms with van der Waals surface area (Å²) in [5, 5.41) is 66.4. The molecule has 0 unspecified atom stereocenters. The second-order valence-electron chi connectivity index (χ2n) is 13.5. The van der Waals surface area contributed by atoms with Crippen LogP contribution in [0, 0.1) is 11.8 Å². The molecule has 0 bridgehead atoms. The molecule has 0 radical (unpaired) electrons. The molecule has 2 aliphatic rings. The first-order valence-corrected chi connectivity index (χ1v) is 17.1. The number of esters is 2. The minimum absolute atomic E-state index is 0.0511. The van der Waals surface area contributed by atoms with Crippen molar-refractivity contribution in [2.24, 2.45) is 11.8 Å². The molecule has 0 saturated carbocycles. The quantitative estimate of drug-likeness (QED) is 0.108. The van der Waals surface area contributed by atoms with Gasteiger partial charge in [0.1, 0.15) is 0 Å². The number of cyclic esters (lactones) is 2. The summed E-state index contributed by atoms with van der Waals surface area (Å²) in [5.74, 6) is -3.56. The zero-order valence-electron chi connectivity index (χ0n) is 30.1. The summed E-state index contributed by atoms with van der Waals surface area (Å²) in [6.07, 6.45) is -0.123. The van der Waals surface area contributed by atoms with Gasteiger partial charge in [-0.05, 0) is 60.4 Å². The predicted octanol–water partition coefficient (Wildman–Crippen LogP) is 3.59. The third kappa shape index (κ3) is 6.74. The second-order valence-corrected chi connectivity index (χ2v) is 13.5. The molecule has 2 fully saturated rings. The van der Waals surface area contributed by atoms with Crippen LogP contribution >= 0.6 is 0 Å². The summed E-state index contributed by atoms with van der Waals surface area (Å²) in [4.78, 5) is 25.9. The highest BCUT2D eigenvalue weighted by Crippen LogP contribution is 2.49. The van der Waals surface area contributed by atoms with Gasteiger partial charge in [0.05, 0.1) is 41.7 Å². The normalized spacial score (nSPS) is 22.1. The van der Waals surface area contributed by atoms with Crippen molar-refractivity contribution in [2.75, 3.05) is 41.7 Å². The van der Waals surface area contributed by atoms with Crippen molar-refractivity contribution in [3.63, 3.8) is 0 Å². The standard InChI is InChI=1S/C40H42O14/c1-49-31-15-21(5-11-29(31)41)13-25-19-53-37(45)39(25,47)17-23-7-9-27(33(43)35(23)51-3)28-10-8-24(36(52-4)34(28)44)18-40(48)26(20-54-38(40)46)14-22-6-12-30(42)32(16-22)50-2/h5-12,15-16,25-26,41-44,47-48H,13-14,17-20H2,1-4H3/t25-,26-,39+,40+/m0/s1. The Labute approximate surface area is 310 Å². The Bertz CT molecular complexity index is 1930. The largest absolute Gasteiger partial charge is 0.504 e. The molecule has 6 rings (SSSR count). The van der Waals surface area contributed by atoms with Gasteiger partial charge in [-0.25, -0.2) is 9.59 Å². The number of phenolic OH excluding ortho intramolecular Hbond substituents is 4. The molecule has 4 aromatic rings. The first-order chi connectivity index (χ1) is 25.8. The molecule has 54 heavy (non-hydrogen) atoms. The van der Waals surface area contributed by atoms with Crippen LogP contribution in [0.5, 0.6) is 46.0 Å². The van der Waals surface area contributed by atoms with Crippen LogP contribution in [0.15, 0.2) is 60.7 Å². The third-order valence-corrected chi connectivity index (χ3v) is 10.4. The average Bonchev–Trinajstić information content (AvgIpc) is 3.58. The fourth-order valence-corrected chi connectivity index (χ4v) is 7.34. The molecule has 0 aliphatic carbocycles. The van der Waals surface area contributed by atoms with Crippen LogP contribution in [0.1, 0.15) is 22.3 Å². The van der Waals surface area contributed by atoms with E-state index in [-0.39, 0.29) is 95.6 Å². The zero-order valence-corrected chi connectivity index (χ0v) is 30.1. The molecule has 2 aliphatic heterocycles. The van der Waals surface area contributed by atoms with Crippen LogP contribution < -0.4 is 18.9 Å². The van der Waals surface area contributed by atoms with Crippen LogP contribution in [0.3, 0.4) is 0 Å². The highest BCUT2D eigenvalue weighted by Gasteiger charge is 2.53. The number of ether oxygens (including phenoxy) is 6. The molecule has 14 nitrogen and oxygen atoms in total. The lowest BCUT2D eigenvalue weighted by Crippen LogP contribution is -2.44. The zero-order chi connectivity index (χ0) is 38.9. The van der Waals surface area contributed by atoms with Crippen molar-refractivity contribution in [2.45, 2.75) is 36.9 Å². The van der Waals surface area contributed by atoms with E-state index in [9.17, 15) is 40.2 Å². The van der Waals surface area contributed by atoms with E-state index in [1.807, 2.05) is 0 Å². The number of aliphatic hydroxyl groups is 2. The van der Waals surface area contributed by atoms with Gasteiger partial charge in [0.2, 0.25) is 0 Å². The van der Waals surface area contributed by atoms with Gasteiger partial charge in [-0.15, -0.1) is 0 Å². The Kier molecular flexibility index (Phi) is 10.4. The van der Waals surface area contributed by atoms with E-state index >= 15 is 0 Å². The Morgan fingerprint density at radius 3 is 1.33 bits per heavy atom. The number of phenols is 4. The highest BCUT2D eigenvalue weighted by molar-refractivity contribution is 5.85. The molecule has 0 spiro atoms. The monoisotopic (exact) mass is 746 g/mol. The summed E-state index contributed by atoms with van der Waals surface area (Å²) < 4.78 is 32.1. The molecule has 0 amide bonds. The van der Waals surface area contributed by atoms with Crippen LogP contribution in [-0.4, -0.2) is 95.4 Å². The van der Waals surface area contributed by atoms with Gasteiger partial charge in [-0.1, -0.05) is 24.3 Å². The molecular weight excluding hydrogens is 704 g/mol. The number of carbonyl (C=O) groups is 2. The Morgan fingerprint density at radius 1 is 0.593 bits per heavy atom. The molecule has 0 aromatic heterocycles. The van der Waals surface area contributed by atoms with E-state index in [0.29, 0.717) is 11.1 Å². The number of hydrogen-bond acceptors (Lipinski definition) is 14. The van der Waals surface area contributed by atoms with Crippen molar-refractivity contribution in [3.05, 3.63) is 82.9 Å². The van der Waals surface area contributed by atoms with E-state index in [4.69, 9.17) is 28.4 Å². The van der Waals surface area contributed by atoms with E-state index < -0.39 is 46.5 Å². The topological polar surface area (TPSA) is 211 Å². The van der Waals surface area contributed by atoms with E-state index in [1.165, 1.54) is 52.7 Å². The lowest BCUT2D eigenvalue weighted by atomic mass is 9.80. The maximum absolute atomic E-state index is 13.0. The van der Waals surface area contributed by atoms with E-state index in [0.717, 1.165) is 0 Å². The van der Waals surface area contributed by atoms with E-state index in [2.05, 4.69) is 0 Å². The Balaban J connectivity index is 1.27. The van der Waals surface area contributed by atoms with Crippen LogP contribution in [0.2, 0.25) is 0 Å². The van der Waals surface area contributed by atoms with Gasteiger partial charge in [0.15, 0.2) is 57.2 Å². The molecule has 14 heteroatoms. The lowest BCUT2D eigenvalue weighted by molar-refractivity contribution is -0.154. The van der Waals surface area contributed by atoms with E-state index in [1.54, 1.807) is 36.4 Å². The van der Waals surface area contributed by atoms with Gasteiger partial charge in [0, 0.05) is 46.9 Å². The smallest absolute Gasteiger partial charge is 0.338 e. The summed E-state index contributed by atoms with van der Waals surface area (Å²) >= 11 is 0. The molecule has 286 valence electrons. The second kappa shape index (κ2) is 14.9. The summed E-state index contributed by atoms with van der Waals surface area (Å²) in [7, 11) is 5.46. The number of hydrogen-bond donors (Lipinski definition) is 6. The minimum atomic E-state index is -1.99. The predicted molar refractivity (Wildman–Crippen MR) is 191 cm³/mol. The SMILES string of the molecule is COc1cc(C[C@H]2COC(=O)[C@@]2(O)Cc2ccc(-c3ccc(C[C@]4(O)C(=O)OC[C@@H]4Cc4ccc(O)c(OC)c4)c(OC)c3O)c(O)c2OC)ccc1O. The maximum Gasteiger partial charge on any atom is 0.338 e. The molecule has 2 saturated heterocycles. The van der Waals surface area contributed by atoms with Crippen molar-refractivity contribution < 1.29 is 68.6 Å². The number of benzene rings is 4. The average molecular weight is 747 g/mol. The fourth-order valence-electron chi connectivity index (χ4n) is 7.34. The molecular formula is C40H42O14. The third-order valence-electron chi connectivity index (χ3n) is 10.4. The number of aromatic hydroxyl groups is 4. The number of carbonyl (C=O) groups excluding carboxylic acids is 2. The first kappa shape index (κ1) is 37.9. The lowest BCUT2D eigenvalue weighted by Gasteiger charge is -2.27. The Morgan fingerprint density at radius 2 is 0.981 bits per heavy atom. The van der Waals surface area contributed by atoms with Gasteiger partial charge in [0.25, 0.3) is 0 Å². The fraction of sp³-hybridized carbons (Fsp3) is 0.350. The summed E-state index contributed by atoms with van der Waals surface area (Å²) in [6, 6.07) is 15.5. The van der Waals surface area contributed by atoms with Crippen LogP contribution in [0.25, 0.3) is 11.1 Å². The number of rotatable bonds is 13. The molecule has 6 N–H and O–H groups in total. The van der Waals surface area contributed by atoms with Gasteiger partial charge in [-0.3, -0.25) is 0 Å². The van der Waals surface area contributed by atoms with Crippen LogP contribution in [0.4, 0.5) is 0 Å². The minimum Gasteiger partial charge on any atom is -0.504 e.